The molecule has 1 N–H and O–H groups in total. The maximum Gasteiger partial charge on any atom is 0.268 e. The third-order valence-corrected chi connectivity index (χ3v) is 5.50. The van der Waals surface area contributed by atoms with E-state index in [-0.39, 0.29) is 5.56 Å². The Morgan fingerprint density at radius 2 is 2.32 bits per heavy atom. The molecule has 7 heteroatoms. The third-order valence-electron chi connectivity index (χ3n) is 3.06. The SMILES string of the molecule is O=c1[nH]c(CSC(=S)N2CCCC2)nc2ccsc12. The lowest BCUT2D eigenvalue weighted by atomic mass is 10.4. The van der Waals surface area contributed by atoms with E-state index in [1.165, 1.54) is 24.2 Å². The quantitative estimate of drug-likeness (QED) is 0.864. The van der Waals surface area contributed by atoms with Crippen molar-refractivity contribution in [3.05, 3.63) is 27.6 Å². The van der Waals surface area contributed by atoms with Gasteiger partial charge >= 0.3 is 0 Å². The molecule has 3 heterocycles. The average molecular weight is 311 g/mol. The summed E-state index contributed by atoms with van der Waals surface area (Å²) in [6, 6.07) is 1.88. The summed E-state index contributed by atoms with van der Waals surface area (Å²) in [7, 11) is 0. The average Bonchev–Trinajstić information content (AvgIpc) is 3.06. The Hall–Kier alpha value is -0.920. The van der Waals surface area contributed by atoms with Crippen LogP contribution >= 0.6 is 35.3 Å². The standard InChI is InChI=1S/C12H13N3OS3/c16-11-10-8(3-6-18-10)13-9(14-11)7-19-12(17)15-4-1-2-5-15/h3,6H,1-2,4-5,7H2,(H,13,14,16). The molecule has 2 aromatic rings. The fraction of sp³-hybridized carbons (Fsp3) is 0.417. The first-order valence-electron chi connectivity index (χ1n) is 6.12. The topological polar surface area (TPSA) is 49.0 Å². The molecule has 1 aliphatic rings. The summed E-state index contributed by atoms with van der Waals surface area (Å²) >= 11 is 8.39. The maximum atomic E-state index is 11.8. The van der Waals surface area contributed by atoms with Crippen LogP contribution in [0.5, 0.6) is 0 Å². The molecule has 0 spiro atoms. The van der Waals surface area contributed by atoms with Crippen LogP contribution in [0.15, 0.2) is 16.2 Å². The molecule has 0 bridgehead atoms. The molecule has 19 heavy (non-hydrogen) atoms. The van der Waals surface area contributed by atoms with Crippen LogP contribution in [0.4, 0.5) is 0 Å². The van der Waals surface area contributed by atoms with Gasteiger partial charge in [-0.25, -0.2) is 4.98 Å². The van der Waals surface area contributed by atoms with Crippen LogP contribution in [-0.4, -0.2) is 32.3 Å². The molecule has 0 amide bonds. The van der Waals surface area contributed by atoms with Gasteiger partial charge < -0.3 is 9.88 Å². The number of aromatic nitrogens is 2. The lowest BCUT2D eigenvalue weighted by Gasteiger charge is -2.17. The van der Waals surface area contributed by atoms with Gasteiger partial charge in [-0.15, -0.1) is 11.3 Å². The van der Waals surface area contributed by atoms with Crippen molar-refractivity contribution in [3.63, 3.8) is 0 Å². The molecule has 2 aromatic heterocycles. The van der Waals surface area contributed by atoms with Crippen LogP contribution < -0.4 is 5.56 Å². The first-order valence-corrected chi connectivity index (χ1v) is 8.39. The molecule has 3 rings (SSSR count). The zero-order chi connectivity index (χ0) is 13.2. The summed E-state index contributed by atoms with van der Waals surface area (Å²) in [4.78, 5) is 21.3. The summed E-state index contributed by atoms with van der Waals surface area (Å²) in [5.41, 5.74) is 0.721. The van der Waals surface area contributed by atoms with E-state index in [2.05, 4.69) is 14.9 Å². The monoisotopic (exact) mass is 311 g/mol. The Balaban J connectivity index is 1.71. The van der Waals surface area contributed by atoms with Crippen LogP contribution in [0.1, 0.15) is 18.7 Å². The predicted molar refractivity (Wildman–Crippen MR) is 84.9 cm³/mol. The molecule has 0 radical (unpaired) electrons. The number of rotatable bonds is 2. The molecular formula is C12H13N3OS3. The summed E-state index contributed by atoms with van der Waals surface area (Å²) < 4.78 is 1.60. The zero-order valence-electron chi connectivity index (χ0n) is 10.2. The molecular weight excluding hydrogens is 298 g/mol. The molecule has 1 fully saturated rings. The zero-order valence-corrected chi connectivity index (χ0v) is 12.7. The van der Waals surface area contributed by atoms with Crippen molar-refractivity contribution >= 4 is 49.9 Å². The van der Waals surface area contributed by atoms with Crippen molar-refractivity contribution in [1.82, 2.24) is 14.9 Å². The molecule has 0 aromatic carbocycles. The van der Waals surface area contributed by atoms with E-state index in [9.17, 15) is 4.79 Å². The molecule has 4 nitrogen and oxygen atoms in total. The van der Waals surface area contributed by atoms with Crippen LogP contribution in [-0.2, 0) is 5.75 Å². The largest absolute Gasteiger partial charge is 0.358 e. The number of thiocarbonyl (C=S) groups is 1. The van der Waals surface area contributed by atoms with Crippen molar-refractivity contribution in [2.45, 2.75) is 18.6 Å². The van der Waals surface area contributed by atoms with E-state index >= 15 is 0 Å². The first-order chi connectivity index (χ1) is 9.24. The van der Waals surface area contributed by atoms with Gasteiger partial charge in [0, 0.05) is 13.1 Å². The summed E-state index contributed by atoms with van der Waals surface area (Å²) in [6.07, 6.45) is 2.44. The number of nitrogens with one attached hydrogen (secondary N) is 1. The van der Waals surface area contributed by atoms with Crippen LogP contribution in [0.2, 0.25) is 0 Å². The number of H-pyrrole nitrogens is 1. The smallest absolute Gasteiger partial charge is 0.268 e. The summed E-state index contributed by atoms with van der Waals surface area (Å²) in [6.45, 7) is 2.11. The van der Waals surface area contributed by atoms with E-state index < -0.39 is 0 Å². The molecule has 0 atom stereocenters. The van der Waals surface area contributed by atoms with E-state index in [1.54, 1.807) is 11.8 Å². The van der Waals surface area contributed by atoms with Crippen LogP contribution in [0, 0.1) is 0 Å². The number of likely N-dealkylation sites (tertiary alicyclic amines) is 1. The number of thiophene rings is 1. The highest BCUT2D eigenvalue weighted by molar-refractivity contribution is 8.22. The maximum absolute atomic E-state index is 11.8. The molecule has 0 aliphatic carbocycles. The highest BCUT2D eigenvalue weighted by Crippen LogP contribution is 2.20. The van der Waals surface area contributed by atoms with Gasteiger partial charge in [0.1, 0.15) is 14.8 Å². The lowest BCUT2D eigenvalue weighted by Crippen LogP contribution is -2.23. The Labute approximate surface area is 124 Å². The van der Waals surface area contributed by atoms with Crippen molar-refractivity contribution in [3.8, 4) is 0 Å². The molecule has 1 saturated heterocycles. The molecule has 0 unspecified atom stereocenters. The van der Waals surface area contributed by atoms with E-state index in [1.807, 2.05) is 11.4 Å². The van der Waals surface area contributed by atoms with E-state index in [0.29, 0.717) is 16.3 Å². The predicted octanol–water partition coefficient (Wildman–Crippen LogP) is 2.60. The van der Waals surface area contributed by atoms with E-state index in [0.717, 1.165) is 22.9 Å². The third kappa shape index (κ3) is 2.82. The summed E-state index contributed by atoms with van der Waals surface area (Å²) in [5.74, 6) is 1.32. The number of hydrogen-bond donors (Lipinski definition) is 1. The fourth-order valence-electron chi connectivity index (χ4n) is 2.11. The van der Waals surface area contributed by atoms with Crippen molar-refractivity contribution in [1.29, 1.82) is 0 Å². The number of thioether (sulfide) groups is 1. The number of hydrogen-bond acceptors (Lipinski definition) is 5. The van der Waals surface area contributed by atoms with Crippen molar-refractivity contribution in [2.75, 3.05) is 13.1 Å². The number of aromatic amines is 1. The minimum atomic E-state index is -0.0531. The van der Waals surface area contributed by atoms with Gasteiger partial charge in [0.25, 0.3) is 5.56 Å². The van der Waals surface area contributed by atoms with Gasteiger partial charge in [-0.05, 0) is 24.3 Å². The van der Waals surface area contributed by atoms with Gasteiger partial charge in [0.15, 0.2) is 0 Å². The second-order valence-corrected chi connectivity index (χ2v) is 6.92. The van der Waals surface area contributed by atoms with E-state index in [4.69, 9.17) is 12.2 Å². The Kier molecular flexibility index (Phi) is 3.86. The van der Waals surface area contributed by atoms with Crippen molar-refractivity contribution in [2.24, 2.45) is 0 Å². The lowest BCUT2D eigenvalue weighted by molar-refractivity contribution is 0.539. The summed E-state index contributed by atoms with van der Waals surface area (Å²) in [5, 5.41) is 1.89. The minimum Gasteiger partial charge on any atom is -0.358 e. The Bertz CT molecular complexity index is 658. The highest BCUT2D eigenvalue weighted by Gasteiger charge is 2.15. The minimum absolute atomic E-state index is 0.0531. The van der Waals surface area contributed by atoms with Crippen LogP contribution in [0.3, 0.4) is 0 Å². The molecule has 1 aliphatic heterocycles. The molecule has 0 saturated carbocycles. The Morgan fingerprint density at radius 1 is 1.53 bits per heavy atom. The fourth-order valence-corrected chi connectivity index (χ4v) is 3.96. The van der Waals surface area contributed by atoms with Gasteiger partial charge in [0.2, 0.25) is 0 Å². The highest BCUT2D eigenvalue weighted by atomic mass is 32.2. The normalized spacial score (nSPS) is 15.3. The second kappa shape index (κ2) is 5.60. The number of fused-ring (bicyclic) bond motifs is 1. The van der Waals surface area contributed by atoms with Crippen molar-refractivity contribution < 1.29 is 0 Å². The van der Waals surface area contributed by atoms with Crippen LogP contribution in [0.25, 0.3) is 10.2 Å². The second-order valence-electron chi connectivity index (χ2n) is 4.40. The first kappa shape index (κ1) is 13.1. The number of nitrogens with zero attached hydrogens (tertiary/aromatic N) is 2. The van der Waals surface area contributed by atoms with Gasteiger partial charge in [-0.2, -0.15) is 0 Å². The Morgan fingerprint density at radius 3 is 3.11 bits per heavy atom. The molecule has 100 valence electrons. The van der Waals surface area contributed by atoms with Gasteiger partial charge in [0.05, 0.1) is 11.3 Å². The van der Waals surface area contributed by atoms with Gasteiger partial charge in [-0.3, -0.25) is 4.79 Å². The van der Waals surface area contributed by atoms with Gasteiger partial charge in [-0.1, -0.05) is 24.0 Å².